The molecule has 2 aromatic carbocycles. The molecule has 3 rings (SSSR count). The highest BCUT2D eigenvalue weighted by Gasteiger charge is 2.26. The summed E-state index contributed by atoms with van der Waals surface area (Å²) in [6.07, 6.45) is 0.853. The Kier molecular flexibility index (Phi) is 4.35. The van der Waals surface area contributed by atoms with Crippen molar-refractivity contribution in [1.29, 1.82) is 0 Å². The van der Waals surface area contributed by atoms with E-state index in [0.717, 1.165) is 29.0 Å². The molecule has 2 N–H and O–H groups in total. The van der Waals surface area contributed by atoms with Gasteiger partial charge >= 0.3 is 0 Å². The average Bonchev–Trinajstić information content (AvgIpc) is 2.58. The minimum Gasteiger partial charge on any atom is -0.482 e. The topological polar surface area (TPSA) is 55.6 Å². The van der Waals surface area contributed by atoms with Crippen LogP contribution in [-0.4, -0.2) is 12.5 Å². The molecular formula is C19H22N2O2. The van der Waals surface area contributed by atoms with Crippen molar-refractivity contribution in [3.05, 3.63) is 59.2 Å². The van der Waals surface area contributed by atoms with Gasteiger partial charge in [-0.3, -0.25) is 4.79 Å². The standard InChI is InChI=1S/C19H22N2O2/c1-3-16(20)14-8-9-18-17(10-14)21(19(22)12-23-18)11-15-7-5-4-6-13(15)2/h4-10,16H,3,11-12,20H2,1-2H3. The molecule has 1 aliphatic rings. The Hall–Kier alpha value is -2.33. The van der Waals surface area contributed by atoms with Gasteiger partial charge in [-0.15, -0.1) is 0 Å². The second kappa shape index (κ2) is 6.42. The van der Waals surface area contributed by atoms with Crippen LogP contribution >= 0.6 is 0 Å². The van der Waals surface area contributed by atoms with E-state index in [9.17, 15) is 4.79 Å². The lowest BCUT2D eigenvalue weighted by molar-refractivity contribution is -0.121. The van der Waals surface area contributed by atoms with Crippen LogP contribution in [0.15, 0.2) is 42.5 Å². The van der Waals surface area contributed by atoms with Crippen molar-refractivity contribution in [2.24, 2.45) is 5.73 Å². The van der Waals surface area contributed by atoms with Gasteiger partial charge in [-0.2, -0.15) is 0 Å². The van der Waals surface area contributed by atoms with E-state index in [1.165, 1.54) is 5.56 Å². The third kappa shape index (κ3) is 3.08. The summed E-state index contributed by atoms with van der Waals surface area (Å²) in [5.41, 5.74) is 10.3. The first kappa shape index (κ1) is 15.6. The van der Waals surface area contributed by atoms with E-state index in [4.69, 9.17) is 10.5 Å². The van der Waals surface area contributed by atoms with Crippen LogP contribution < -0.4 is 15.4 Å². The molecule has 1 aliphatic heterocycles. The van der Waals surface area contributed by atoms with Gasteiger partial charge in [-0.25, -0.2) is 0 Å². The summed E-state index contributed by atoms with van der Waals surface area (Å²) >= 11 is 0. The predicted molar refractivity (Wildman–Crippen MR) is 91.5 cm³/mol. The van der Waals surface area contributed by atoms with Gasteiger partial charge in [0.25, 0.3) is 5.91 Å². The van der Waals surface area contributed by atoms with Gasteiger partial charge in [0.1, 0.15) is 5.75 Å². The zero-order valence-corrected chi connectivity index (χ0v) is 13.6. The minimum absolute atomic E-state index is 0.0250. The molecule has 4 nitrogen and oxygen atoms in total. The number of hydrogen-bond acceptors (Lipinski definition) is 3. The number of anilines is 1. The number of benzene rings is 2. The number of amides is 1. The van der Waals surface area contributed by atoms with E-state index >= 15 is 0 Å². The maximum Gasteiger partial charge on any atom is 0.265 e. The highest BCUT2D eigenvalue weighted by Crippen LogP contribution is 2.35. The lowest BCUT2D eigenvalue weighted by Gasteiger charge is -2.30. The molecule has 1 amide bonds. The molecule has 0 saturated carbocycles. The zero-order valence-electron chi connectivity index (χ0n) is 13.6. The minimum atomic E-state index is -0.0300. The molecule has 0 bridgehead atoms. The highest BCUT2D eigenvalue weighted by atomic mass is 16.5. The second-order valence-corrected chi connectivity index (χ2v) is 5.94. The molecule has 1 heterocycles. The third-order valence-corrected chi connectivity index (χ3v) is 4.38. The lowest BCUT2D eigenvalue weighted by atomic mass is 10.0. The summed E-state index contributed by atoms with van der Waals surface area (Å²) in [6, 6.07) is 14.0. The first-order chi connectivity index (χ1) is 11.1. The van der Waals surface area contributed by atoms with E-state index in [1.54, 1.807) is 4.90 Å². The van der Waals surface area contributed by atoms with Crippen LogP contribution in [0.25, 0.3) is 0 Å². The molecule has 23 heavy (non-hydrogen) atoms. The van der Waals surface area contributed by atoms with Crippen LogP contribution in [0.3, 0.4) is 0 Å². The molecule has 0 aromatic heterocycles. The first-order valence-electron chi connectivity index (χ1n) is 7.97. The quantitative estimate of drug-likeness (QED) is 0.942. The molecule has 0 fully saturated rings. The number of carbonyl (C=O) groups excluding carboxylic acids is 1. The number of fused-ring (bicyclic) bond motifs is 1. The Morgan fingerprint density at radius 1 is 1.26 bits per heavy atom. The van der Waals surface area contributed by atoms with Gasteiger partial charge in [0.05, 0.1) is 12.2 Å². The predicted octanol–water partition coefficient (Wildman–Crippen LogP) is 3.33. The maximum absolute atomic E-state index is 12.4. The zero-order chi connectivity index (χ0) is 16.4. The summed E-state index contributed by atoms with van der Waals surface area (Å²) in [4.78, 5) is 14.2. The first-order valence-corrected chi connectivity index (χ1v) is 7.97. The van der Waals surface area contributed by atoms with Crippen LogP contribution in [0.2, 0.25) is 0 Å². The number of rotatable bonds is 4. The fourth-order valence-electron chi connectivity index (χ4n) is 2.82. The number of hydrogen-bond donors (Lipinski definition) is 1. The molecule has 120 valence electrons. The van der Waals surface area contributed by atoms with Crippen molar-refractivity contribution in [1.82, 2.24) is 0 Å². The van der Waals surface area contributed by atoms with Crippen molar-refractivity contribution in [3.8, 4) is 5.75 Å². The fraction of sp³-hybridized carbons (Fsp3) is 0.316. The van der Waals surface area contributed by atoms with Gasteiger partial charge in [0.2, 0.25) is 0 Å². The third-order valence-electron chi connectivity index (χ3n) is 4.38. The summed E-state index contributed by atoms with van der Waals surface area (Å²) in [5.74, 6) is 0.716. The number of ether oxygens (including phenoxy) is 1. The summed E-state index contributed by atoms with van der Waals surface area (Å²) in [7, 11) is 0. The van der Waals surface area contributed by atoms with Gasteiger partial charge in [0, 0.05) is 6.04 Å². The van der Waals surface area contributed by atoms with E-state index in [1.807, 2.05) is 30.3 Å². The average molecular weight is 310 g/mol. The molecular weight excluding hydrogens is 288 g/mol. The van der Waals surface area contributed by atoms with Crippen LogP contribution in [-0.2, 0) is 11.3 Å². The van der Waals surface area contributed by atoms with Crippen LogP contribution in [0.5, 0.6) is 5.75 Å². The Morgan fingerprint density at radius 3 is 2.78 bits per heavy atom. The van der Waals surface area contributed by atoms with Crippen molar-refractivity contribution >= 4 is 11.6 Å². The Labute approximate surface area is 136 Å². The van der Waals surface area contributed by atoms with E-state index < -0.39 is 0 Å². The summed E-state index contributed by atoms with van der Waals surface area (Å²) in [5, 5.41) is 0. The van der Waals surface area contributed by atoms with E-state index in [0.29, 0.717) is 6.54 Å². The largest absolute Gasteiger partial charge is 0.482 e. The van der Waals surface area contributed by atoms with Gasteiger partial charge in [-0.1, -0.05) is 37.3 Å². The molecule has 0 saturated heterocycles. The molecule has 0 aliphatic carbocycles. The Morgan fingerprint density at radius 2 is 2.04 bits per heavy atom. The van der Waals surface area contributed by atoms with Crippen molar-refractivity contribution in [3.63, 3.8) is 0 Å². The van der Waals surface area contributed by atoms with Crippen LogP contribution in [0.4, 0.5) is 5.69 Å². The fourth-order valence-corrected chi connectivity index (χ4v) is 2.82. The molecule has 0 radical (unpaired) electrons. The normalized spacial score (nSPS) is 15.1. The Bertz CT molecular complexity index is 727. The van der Waals surface area contributed by atoms with Crippen molar-refractivity contribution in [2.75, 3.05) is 11.5 Å². The lowest BCUT2D eigenvalue weighted by Crippen LogP contribution is -2.38. The number of carbonyl (C=O) groups is 1. The van der Waals surface area contributed by atoms with Gasteiger partial charge in [-0.05, 0) is 42.2 Å². The number of nitrogens with zero attached hydrogens (tertiary/aromatic N) is 1. The maximum atomic E-state index is 12.4. The molecule has 2 aromatic rings. The monoisotopic (exact) mass is 310 g/mol. The van der Waals surface area contributed by atoms with Crippen LogP contribution in [0, 0.1) is 6.92 Å². The van der Waals surface area contributed by atoms with Crippen molar-refractivity contribution < 1.29 is 9.53 Å². The SMILES string of the molecule is CCC(N)c1ccc2c(c1)N(Cc1ccccc1C)C(=O)CO2. The van der Waals surface area contributed by atoms with E-state index in [2.05, 4.69) is 26.0 Å². The second-order valence-electron chi connectivity index (χ2n) is 5.94. The summed E-state index contributed by atoms with van der Waals surface area (Å²) in [6.45, 7) is 4.74. The molecule has 0 spiro atoms. The van der Waals surface area contributed by atoms with Gasteiger partial charge < -0.3 is 15.4 Å². The summed E-state index contributed by atoms with van der Waals surface area (Å²) < 4.78 is 5.57. The Balaban J connectivity index is 1.98. The van der Waals surface area contributed by atoms with Gasteiger partial charge in [0.15, 0.2) is 6.61 Å². The highest BCUT2D eigenvalue weighted by molar-refractivity contribution is 5.97. The smallest absolute Gasteiger partial charge is 0.265 e. The van der Waals surface area contributed by atoms with E-state index in [-0.39, 0.29) is 18.6 Å². The number of nitrogens with two attached hydrogens (primary N) is 1. The molecule has 1 unspecified atom stereocenters. The number of aryl methyl sites for hydroxylation is 1. The van der Waals surface area contributed by atoms with Crippen molar-refractivity contribution in [2.45, 2.75) is 32.9 Å². The molecule has 1 atom stereocenters. The molecule has 4 heteroatoms. The van der Waals surface area contributed by atoms with Crippen LogP contribution in [0.1, 0.15) is 36.1 Å².